The molecule has 1 amide bonds. The molecule has 0 aliphatic rings. The van der Waals surface area contributed by atoms with Gasteiger partial charge in [-0.05, 0) is 36.8 Å². The van der Waals surface area contributed by atoms with Crippen molar-refractivity contribution in [3.63, 3.8) is 0 Å². The molecule has 2 rings (SSSR count). The van der Waals surface area contributed by atoms with Crippen molar-refractivity contribution in [1.29, 1.82) is 0 Å². The van der Waals surface area contributed by atoms with Gasteiger partial charge >= 0.3 is 0 Å². The third kappa shape index (κ3) is 4.02. The maximum Gasteiger partial charge on any atom is 0.262 e. The van der Waals surface area contributed by atoms with E-state index in [1.807, 2.05) is 43.3 Å². The minimum absolute atomic E-state index is 0.0406. The van der Waals surface area contributed by atoms with E-state index in [-0.39, 0.29) is 12.5 Å². The Kier molecular flexibility index (Phi) is 4.60. The highest BCUT2D eigenvalue weighted by atomic mass is 16.5. The smallest absolute Gasteiger partial charge is 0.262 e. The molecule has 4 heteroatoms. The van der Waals surface area contributed by atoms with Crippen LogP contribution in [-0.2, 0) is 4.79 Å². The van der Waals surface area contributed by atoms with Crippen molar-refractivity contribution in [2.45, 2.75) is 6.92 Å². The molecule has 4 nitrogen and oxygen atoms in total. The van der Waals surface area contributed by atoms with Crippen LogP contribution in [0.1, 0.15) is 5.56 Å². The summed E-state index contributed by atoms with van der Waals surface area (Å²) in [5.41, 5.74) is 1.86. The maximum absolute atomic E-state index is 11.8. The monoisotopic (exact) mass is 271 g/mol. The molecular formula is C16H17NO3. The van der Waals surface area contributed by atoms with Gasteiger partial charge in [0.15, 0.2) is 6.61 Å². The summed E-state index contributed by atoms with van der Waals surface area (Å²) >= 11 is 0. The number of benzene rings is 2. The van der Waals surface area contributed by atoms with E-state index in [2.05, 4.69) is 5.32 Å². The van der Waals surface area contributed by atoms with Gasteiger partial charge in [0.2, 0.25) is 0 Å². The molecule has 104 valence electrons. The zero-order valence-electron chi connectivity index (χ0n) is 11.6. The highest BCUT2D eigenvalue weighted by Crippen LogP contribution is 2.18. The van der Waals surface area contributed by atoms with Crippen LogP contribution in [0.4, 0.5) is 5.69 Å². The van der Waals surface area contributed by atoms with Crippen LogP contribution in [0.25, 0.3) is 0 Å². The zero-order valence-corrected chi connectivity index (χ0v) is 11.6. The summed E-state index contributed by atoms with van der Waals surface area (Å²) < 4.78 is 10.5. The predicted octanol–water partition coefficient (Wildman–Crippen LogP) is 3.02. The van der Waals surface area contributed by atoms with Crippen LogP contribution < -0.4 is 14.8 Å². The van der Waals surface area contributed by atoms with Crippen LogP contribution >= 0.6 is 0 Å². The van der Waals surface area contributed by atoms with Gasteiger partial charge in [0, 0.05) is 11.8 Å². The van der Waals surface area contributed by atoms with Crippen molar-refractivity contribution in [2.24, 2.45) is 0 Å². The Morgan fingerprint density at radius 3 is 2.60 bits per heavy atom. The first kappa shape index (κ1) is 13.9. The fraction of sp³-hybridized carbons (Fsp3) is 0.188. The first-order valence-electron chi connectivity index (χ1n) is 6.31. The van der Waals surface area contributed by atoms with Crippen LogP contribution in [0.5, 0.6) is 11.5 Å². The third-order valence-electron chi connectivity index (χ3n) is 2.71. The Bertz CT molecular complexity index is 596. The first-order chi connectivity index (χ1) is 9.67. The van der Waals surface area contributed by atoms with E-state index in [4.69, 9.17) is 9.47 Å². The second kappa shape index (κ2) is 6.61. The van der Waals surface area contributed by atoms with Gasteiger partial charge in [0.25, 0.3) is 5.91 Å². The van der Waals surface area contributed by atoms with Crippen LogP contribution in [0.15, 0.2) is 48.5 Å². The molecule has 0 atom stereocenters. The Morgan fingerprint density at radius 2 is 1.85 bits per heavy atom. The first-order valence-corrected chi connectivity index (χ1v) is 6.31. The molecule has 2 aromatic rings. The summed E-state index contributed by atoms with van der Waals surface area (Å²) in [6.07, 6.45) is 0. The van der Waals surface area contributed by atoms with Gasteiger partial charge in [-0.15, -0.1) is 0 Å². The largest absolute Gasteiger partial charge is 0.497 e. The summed E-state index contributed by atoms with van der Waals surface area (Å²) in [6.45, 7) is 1.93. The summed E-state index contributed by atoms with van der Waals surface area (Å²) in [5, 5.41) is 2.79. The number of anilines is 1. The lowest BCUT2D eigenvalue weighted by molar-refractivity contribution is -0.118. The quantitative estimate of drug-likeness (QED) is 0.909. The molecule has 0 aromatic heterocycles. The predicted molar refractivity (Wildman–Crippen MR) is 78.3 cm³/mol. The standard InChI is InChI=1S/C16H17NO3/c1-12-5-3-6-13(9-12)17-16(18)11-20-15-8-4-7-14(10-15)19-2/h3-10H,11H2,1-2H3,(H,17,18). The van der Waals surface area contributed by atoms with E-state index in [1.54, 1.807) is 19.2 Å². The number of rotatable bonds is 5. The number of methoxy groups -OCH3 is 1. The molecule has 0 aliphatic heterocycles. The van der Waals surface area contributed by atoms with Crippen LogP contribution in [0, 0.1) is 6.92 Å². The number of nitrogens with one attached hydrogen (secondary N) is 1. The molecule has 20 heavy (non-hydrogen) atoms. The molecule has 2 aromatic carbocycles. The van der Waals surface area contributed by atoms with Crippen molar-refractivity contribution < 1.29 is 14.3 Å². The van der Waals surface area contributed by atoms with Gasteiger partial charge < -0.3 is 14.8 Å². The van der Waals surface area contributed by atoms with E-state index < -0.39 is 0 Å². The summed E-state index contributed by atoms with van der Waals surface area (Å²) in [6, 6.07) is 14.8. The number of carbonyl (C=O) groups is 1. The van der Waals surface area contributed by atoms with Gasteiger partial charge in [-0.25, -0.2) is 0 Å². The second-order valence-electron chi connectivity index (χ2n) is 4.39. The third-order valence-corrected chi connectivity index (χ3v) is 2.71. The van der Waals surface area contributed by atoms with Gasteiger partial charge in [0.1, 0.15) is 11.5 Å². The highest BCUT2D eigenvalue weighted by molar-refractivity contribution is 5.91. The van der Waals surface area contributed by atoms with E-state index >= 15 is 0 Å². The van der Waals surface area contributed by atoms with E-state index in [0.29, 0.717) is 11.5 Å². The van der Waals surface area contributed by atoms with E-state index in [0.717, 1.165) is 11.3 Å². The molecule has 0 spiro atoms. The molecule has 0 saturated carbocycles. The molecule has 1 N–H and O–H groups in total. The van der Waals surface area contributed by atoms with Crippen molar-refractivity contribution in [1.82, 2.24) is 0 Å². The maximum atomic E-state index is 11.8. The molecule has 0 radical (unpaired) electrons. The molecule has 0 bridgehead atoms. The minimum atomic E-state index is -0.196. The molecule has 0 aliphatic carbocycles. The van der Waals surface area contributed by atoms with Gasteiger partial charge in [-0.3, -0.25) is 4.79 Å². The number of aryl methyl sites for hydroxylation is 1. The lowest BCUT2D eigenvalue weighted by Gasteiger charge is -2.09. The summed E-state index contributed by atoms with van der Waals surface area (Å²) in [4.78, 5) is 11.8. The lowest BCUT2D eigenvalue weighted by atomic mass is 10.2. The fourth-order valence-corrected chi connectivity index (χ4v) is 1.76. The topological polar surface area (TPSA) is 47.6 Å². The molecule has 0 fully saturated rings. The summed E-state index contributed by atoms with van der Waals surface area (Å²) in [5.74, 6) is 1.10. The van der Waals surface area contributed by atoms with Crippen LogP contribution in [-0.4, -0.2) is 19.6 Å². The average molecular weight is 271 g/mol. The van der Waals surface area contributed by atoms with Gasteiger partial charge in [-0.2, -0.15) is 0 Å². The zero-order chi connectivity index (χ0) is 14.4. The number of hydrogen-bond acceptors (Lipinski definition) is 3. The Hall–Kier alpha value is -2.49. The minimum Gasteiger partial charge on any atom is -0.497 e. The Labute approximate surface area is 118 Å². The summed E-state index contributed by atoms with van der Waals surface area (Å²) in [7, 11) is 1.59. The van der Waals surface area contributed by atoms with Crippen molar-refractivity contribution in [2.75, 3.05) is 19.0 Å². The van der Waals surface area contributed by atoms with Crippen molar-refractivity contribution in [3.8, 4) is 11.5 Å². The van der Waals surface area contributed by atoms with E-state index in [9.17, 15) is 4.79 Å². The number of hydrogen-bond donors (Lipinski definition) is 1. The number of carbonyl (C=O) groups excluding carboxylic acids is 1. The molecule has 0 unspecified atom stereocenters. The molecule has 0 heterocycles. The molecule has 0 saturated heterocycles. The molecular weight excluding hydrogens is 254 g/mol. The van der Waals surface area contributed by atoms with Crippen LogP contribution in [0.3, 0.4) is 0 Å². The Morgan fingerprint density at radius 1 is 1.10 bits per heavy atom. The number of ether oxygens (including phenoxy) is 2. The normalized spacial score (nSPS) is 9.90. The second-order valence-corrected chi connectivity index (χ2v) is 4.39. The van der Waals surface area contributed by atoms with Crippen molar-refractivity contribution in [3.05, 3.63) is 54.1 Å². The van der Waals surface area contributed by atoms with Crippen LogP contribution in [0.2, 0.25) is 0 Å². The fourth-order valence-electron chi connectivity index (χ4n) is 1.76. The number of amides is 1. The van der Waals surface area contributed by atoms with Crippen molar-refractivity contribution >= 4 is 11.6 Å². The average Bonchev–Trinajstić information content (AvgIpc) is 2.45. The van der Waals surface area contributed by atoms with Gasteiger partial charge in [-0.1, -0.05) is 18.2 Å². The van der Waals surface area contributed by atoms with E-state index in [1.165, 1.54) is 0 Å². The SMILES string of the molecule is COc1cccc(OCC(=O)Nc2cccc(C)c2)c1. The highest BCUT2D eigenvalue weighted by Gasteiger charge is 2.04. The van der Waals surface area contributed by atoms with Gasteiger partial charge in [0.05, 0.1) is 7.11 Å². The lowest BCUT2D eigenvalue weighted by Crippen LogP contribution is -2.20. The Balaban J connectivity index is 1.88.